The summed E-state index contributed by atoms with van der Waals surface area (Å²) in [6, 6.07) is 3.39. The van der Waals surface area contributed by atoms with Crippen LogP contribution in [0.2, 0.25) is 0 Å². The average Bonchev–Trinajstić information content (AvgIpc) is 3.08. The van der Waals surface area contributed by atoms with Crippen molar-refractivity contribution in [2.45, 2.75) is 44.1 Å². The standard InChI is InChI=1S/C14H18N4O5/c1-6-21-11-9(5-19)22-10(14(11,2)23-6)7-3-4-8-12(20)16-13(15)17-18(7)8/h3-4,6,9-11,19H,5H2,1-2H3,(H3,15,16,17,20)/t6?,9-,10+,11-,14+/m1/s1. The number of aromatic amines is 1. The van der Waals surface area contributed by atoms with E-state index in [0.717, 1.165) is 0 Å². The number of H-pyrrole nitrogens is 1. The molecule has 9 nitrogen and oxygen atoms in total. The molecule has 4 rings (SSSR count). The Morgan fingerprint density at radius 2 is 2.26 bits per heavy atom. The molecule has 0 bridgehead atoms. The molecule has 2 aromatic heterocycles. The Hall–Kier alpha value is -1.94. The molecule has 4 heterocycles. The van der Waals surface area contributed by atoms with Crippen LogP contribution >= 0.6 is 0 Å². The van der Waals surface area contributed by atoms with Crippen LogP contribution in [0.1, 0.15) is 25.6 Å². The van der Waals surface area contributed by atoms with E-state index in [2.05, 4.69) is 10.1 Å². The zero-order valence-corrected chi connectivity index (χ0v) is 12.7. The summed E-state index contributed by atoms with van der Waals surface area (Å²) in [5.74, 6) is 0.00955. The van der Waals surface area contributed by atoms with Gasteiger partial charge in [0.1, 0.15) is 29.4 Å². The van der Waals surface area contributed by atoms with Crippen LogP contribution in [0.25, 0.3) is 5.52 Å². The number of nitrogen functional groups attached to an aromatic ring is 1. The maximum Gasteiger partial charge on any atom is 0.276 e. The van der Waals surface area contributed by atoms with Crippen LogP contribution in [-0.2, 0) is 14.2 Å². The van der Waals surface area contributed by atoms with Crippen molar-refractivity contribution in [3.8, 4) is 0 Å². The summed E-state index contributed by atoms with van der Waals surface area (Å²) in [4.78, 5) is 14.4. The number of rotatable bonds is 2. The number of nitrogens with two attached hydrogens (primary N) is 1. The van der Waals surface area contributed by atoms with Gasteiger partial charge in [-0.25, -0.2) is 4.52 Å². The number of nitrogens with one attached hydrogen (secondary N) is 1. The van der Waals surface area contributed by atoms with Crippen LogP contribution in [0.5, 0.6) is 0 Å². The molecule has 2 aliphatic heterocycles. The Balaban J connectivity index is 1.86. The van der Waals surface area contributed by atoms with Crippen LogP contribution in [0.15, 0.2) is 16.9 Å². The van der Waals surface area contributed by atoms with Crippen LogP contribution in [0.3, 0.4) is 0 Å². The lowest BCUT2D eigenvalue weighted by molar-refractivity contribution is -0.147. The summed E-state index contributed by atoms with van der Waals surface area (Å²) in [6.45, 7) is 3.48. The first-order chi connectivity index (χ1) is 10.9. The summed E-state index contributed by atoms with van der Waals surface area (Å²) in [5, 5.41) is 13.7. The van der Waals surface area contributed by atoms with E-state index < -0.39 is 30.2 Å². The van der Waals surface area contributed by atoms with Crippen molar-refractivity contribution in [3.05, 3.63) is 28.2 Å². The Morgan fingerprint density at radius 3 is 3.00 bits per heavy atom. The molecular weight excluding hydrogens is 304 g/mol. The van der Waals surface area contributed by atoms with Crippen molar-refractivity contribution < 1.29 is 19.3 Å². The molecule has 5 atom stereocenters. The van der Waals surface area contributed by atoms with E-state index in [1.54, 1.807) is 19.1 Å². The second kappa shape index (κ2) is 4.78. The molecule has 2 saturated heterocycles. The van der Waals surface area contributed by atoms with Gasteiger partial charge in [-0.3, -0.25) is 9.78 Å². The van der Waals surface area contributed by atoms with Gasteiger partial charge in [-0.05, 0) is 26.0 Å². The number of aliphatic hydroxyl groups excluding tert-OH is 1. The Labute approximate surface area is 131 Å². The summed E-state index contributed by atoms with van der Waals surface area (Å²) in [6.07, 6.45) is -1.87. The van der Waals surface area contributed by atoms with Crippen LogP contribution < -0.4 is 11.3 Å². The van der Waals surface area contributed by atoms with Gasteiger partial charge in [-0.15, -0.1) is 5.10 Å². The molecule has 124 valence electrons. The third-order valence-electron chi connectivity index (χ3n) is 4.51. The molecule has 4 N–H and O–H groups in total. The van der Waals surface area contributed by atoms with Gasteiger partial charge in [0.25, 0.3) is 5.56 Å². The van der Waals surface area contributed by atoms with E-state index >= 15 is 0 Å². The van der Waals surface area contributed by atoms with Crippen molar-refractivity contribution in [1.29, 1.82) is 0 Å². The van der Waals surface area contributed by atoms with Crippen molar-refractivity contribution in [2.75, 3.05) is 12.3 Å². The largest absolute Gasteiger partial charge is 0.394 e. The molecule has 0 spiro atoms. The Kier molecular flexibility index (Phi) is 3.04. The smallest absolute Gasteiger partial charge is 0.276 e. The fraction of sp³-hybridized carbons (Fsp3) is 0.571. The fourth-order valence-corrected chi connectivity index (χ4v) is 3.58. The zero-order valence-electron chi connectivity index (χ0n) is 12.7. The first-order valence-electron chi connectivity index (χ1n) is 7.41. The first kappa shape index (κ1) is 14.6. The number of anilines is 1. The first-order valence-corrected chi connectivity index (χ1v) is 7.41. The van der Waals surface area contributed by atoms with Crippen molar-refractivity contribution >= 4 is 11.5 Å². The molecule has 0 aromatic carbocycles. The van der Waals surface area contributed by atoms with Gasteiger partial charge in [-0.1, -0.05) is 0 Å². The SMILES string of the molecule is CC1O[C@@H]2[C@@H](CO)O[C@@H](c3ccc4c(=O)[nH]c(N)nn34)[C@]2(C)O1. The van der Waals surface area contributed by atoms with Gasteiger partial charge in [0.2, 0.25) is 5.95 Å². The number of hydrogen-bond acceptors (Lipinski definition) is 7. The van der Waals surface area contributed by atoms with Crippen LogP contribution in [0, 0.1) is 0 Å². The van der Waals surface area contributed by atoms with Gasteiger partial charge in [0, 0.05) is 0 Å². The highest BCUT2D eigenvalue weighted by Gasteiger charge is 2.61. The number of aromatic nitrogens is 3. The molecule has 0 saturated carbocycles. The summed E-state index contributed by atoms with van der Waals surface area (Å²) in [7, 11) is 0. The number of hydrogen-bond donors (Lipinski definition) is 3. The van der Waals surface area contributed by atoms with Gasteiger partial charge in [0.15, 0.2) is 6.29 Å². The topological polar surface area (TPSA) is 124 Å². The fourth-order valence-electron chi connectivity index (χ4n) is 3.58. The quantitative estimate of drug-likeness (QED) is 0.684. The molecule has 1 unspecified atom stereocenters. The summed E-state index contributed by atoms with van der Waals surface area (Å²) < 4.78 is 19.1. The maximum absolute atomic E-state index is 12.0. The van der Waals surface area contributed by atoms with Crippen molar-refractivity contribution in [3.63, 3.8) is 0 Å². The predicted molar refractivity (Wildman–Crippen MR) is 78.7 cm³/mol. The zero-order chi connectivity index (χ0) is 16.4. The van der Waals surface area contributed by atoms with E-state index in [1.165, 1.54) is 4.52 Å². The lowest BCUT2D eigenvalue weighted by Crippen LogP contribution is -2.40. The van der Waals surface area contributed by atoms with E-state index in [4.69, 9.17) is 19.9 Å². The van der Waals surface area contributed by atoms with E-state index in [1.807, 2.05) is 6.92 Å². The molecule has 23 heavy (non-hydrogen) atoms. The highest BCUT2D eigenvalue weighted by atomic mass is 16.8. The number of fused-ring (bicyclic) bond motifs is 2. The van der Waals surface area contributed by atoms with Gasteiger partial charge in [-0.2, -0.15) is 0 Å². The predicted octanol–water partition coefficient (Wildman–Crippen LogP) is -0.443. The molecule has 0 radical (unpaired) electrons. The minimum absolute atomic E-state index is 0.00955. The third-order valence-corrected chi connectivity index (χ3v) is 4.51. The lowest BCUT2D eigenvalue weighted by Gasteiger charge is -2.27. The molecule has 9 heteroatoms. The Bertz CT molecular complexity index is 817. The number of aliphatic hydroxyl groups is 1. The second-order valence-electron chi connectivity index (χ2n) is 6.06. The van der Waals surface area contributed by atoms with Crippen molar-refractivity contribution in [1.82, 2.24) is 14.6 Å². The maximum atomic E-state index is 12.0. The van der Waals surface area contributed by atoms with Gasteiger partial charge in [0.05, 0.1) is 12.3 Å². The minimum atomic E-state index is -0.792. The molecule has 2 aliphatic rings. The average molecular weight is 322 g/mol. The van der Waals surface area contributed by atoms with E-state index in [9.17, 15) is 9.90 Å². The minimum Gasteiger partial charge on any atom is -0.394 e. The molecule has 2 aromatic rings. The molecule has 2 fully saturated rings. The van der Waals surface area contributed by atoms with E-state index in [-0.39, 0.29) is 18.1 Å². The second-order valence-corrected chi connectivity index (χ2v) is 6.06. The van der Waals surface area contributed by atoms with Crippen LogP contribution in [-0.4, -0.2) is 50.4 Å². The lowest BCUT2D eigenvalue weighted by atomic mass is 9.91. The summed E-state index contributed by atoms with van der Waals surface area (Å²) in [5.41, 5.74) is 5.50. The van der Waals surface area contributed by atoms with Gasteiger partial charge < -0.3 is 25.1 Å². The molecule has 0 aliphatic carbocycles. The molecule has 0 amide bonds. The Morgan fingerprint density at radius 1 is 1.48 bits per heavy atom. The van der Waals surface area contributed by atoms with Gasteiger partial charge >= 0.3 is 0 Å². The highest BCUT2D eigenvalue weighted by Crippen LogP contribution is 2.49. The van der Waals surface area contributed by atoms with Crippen LogP contribution in [0.4, 0.5) is 5.95 Å². The van der Waals surface area contributed by atoms with Crippen molar-refractivity contribution in [2.24, 2.45) is 0 Å². The number of ether oxygens (including phenoxy) is 3. The normalized spacial score (nSPS) is 36.7. The summed E-state index contributed by atoms with van der Waals surface area (Å²) >= 11 is 0. The number of nitrogens with zero attached hydrogens (tertiary/aromatic N) is 2. The van der Waals surface area contributed by atoms with E-state index in [0.29, 0.717) is 11.2 Å². The molecular formula is C14H18N4O5. The highest BCUT2D eigenvalue weighted by molar-refractivity contribution is 5.48. The third kappa shape index (κ3) is 1.94. The monoisotopic (exact) mass is 322 g/mol.